The van der Waals surface area contributed by atoms with E-state index in [4.69, 9.17) is 15.3 Å². The van der Waals surface area contributed by atoms with Crippen LogP contribution in [0.15, 0.2) is 0 Å². The molecule has 1 saturated carbocycles. The van der Waals surface area contributed by atoms with E-state index in [1.807, 2.05) is 6.92 Å². The summed E-state index contributed by atoms with van der Waals surface area (Å²) in [4.78, 5) is 8.88. The highest BCUT2D eigenvalue weighted by atomic mass is 16.5. The number of nitrogens with two attached hydrogens (primary N) is 1. The van der Waals surface area contributed by atoms with Crippen LogP contribution < -0.4 is 16.0 Å². The third-order valence-corrected chi connectivity index (χ3v) is 2.93. The fourth-order valence-corrected chi connectivity index (χ4v) is 1.69. The van der Waals surface area contributed by atoms with Crippen molar-refractivity contribution in [3.8, 4) is 5.88 Å². The molecule has 0 bridgehead atoms. The van der Waals surface area contributed by atoms with Crippen LogP contribution in [0.4, 0.5) is 5.82 Å². The Morgan fingerprint density at radius 1 is 1.33 bits per heavy atom. The zero-order valence-corrected chi connectivity index (χ0v) is 10.9. The average molecular weight is 252 g/mol. The van der Waals surface area contributed by atoms with Gasteiger partial charge in [0.15, 0.2) is 0 Å². The van der Waals surface area contributed by atoms with Crippen LogP contribution in [0.1, 0.15) is 36.6 Å². The predicted octanol–water partition coefficient (Wildman–Crippen LogP) is 1.36. The highest BCUT2D eigenvalue weighted by Gasteiger charge is 2.28. The molecule has 0 aromatic carbocycles. The van der Waals surface area contributed by atoms with Gasteiger partial charge in [-0.2, -0.15) is 4.98 Å². The van der Waals surface area contributed by atoms with Gasteiger partial charge in [0.1, 0.15) is 11.6 Å². The van der Waals surface area contributed by atoms with Crippen molar-refractivity contribution in [3.05, 3.63) is 11.4 Å². The Kier molecular flexibility index (Phi) is 4.33. The van der Waals surface area contributed by atoms with Crippen LogP contribution >= 0.6 is 0 Å². The first-order valence-corrected chi connectivity index (χ1v) is 6.23. The fraction of sp³-hybridized carbons (Fsp3) is 0.667. The summed E-state index contributed by atoms with van der Waals surface area (Å²) in [5, 5.41) is 0. The first-order chi connectivity index (χ1) is 8.76. The van der Waals surface area contributed by atoms with Gasteiger partial charge in [-0.25, -0.2) is 10.8 Å². The van der Waals surface area contributed by atoms with Crippen molar-refractivity contribution in [3.63, 3.8) is 0 Å². The number of hydrogen-bond acceptors (Lipinski definition) is 6. The third-order valence-electron chi connectivity index (χ3n) is 2.93. The fourth-order valence-electron chi connectivity index (χ4n) is 1.69. The second kappa shape index (κ2) is 5.97. The second-order valence-electron chi connectivity index (χ2n) is 4.47. The number of aromatic nitrogens is 2. The molecular formula is C12H20N4O2. The lowest BCUT2D eigenvalue weighted by Gasteiger charge is -2.12. The van der Waals surface area contributed by atoms with E-state index >= 15 is 0 Å². The molecule has 1 fully saturated rings. The molecule has 1 aromatic heterocycles. The van der Waals surface area contributed by atoms with Crippen molar-refractivity contribution >= 4 is 5.82 Å². The molecule has 0 saturated heterocycles. The van der Waals surface area contributed by atoms with Crippen LogP contribution in [0.2, 0.25) is 0 Å². The third kappa shape index (κ3) is 3.08. The molecule has 1 aromatic rings. The first-order valence-electron chi connectivity index (χ1n) is 6.23. The van der Waals surface area contributed by atoms with Crippen molar-refractivity contribution in [2.45, 2.75) is 32.1 Å². The van der Waals surface area contributed by atoms with Crippen molar-refractivity contribution in [1.29, 1.82) is 0 Å². The summed E-state index contributed by atoms with van der Waals surface area (Å²) in [6, 6.07) is 0. The van der Waals surface area contributed by atoms with E-state index in [0.717, 1.165) is 30.7 Å². The highest BCUT2D eigenvalue weighted by Crippen LogP contribution is 2.39. The number of methoxy groups -OCH3 is 1. The molecule has 1 aliphatic carbocycles. The van der Waals surface area contributed by atoms with Crippen LogP contribution in [0.5, 0.6) is 5.88 Å². The van der Waals surface area contributed by atoms with Crippen LogP contribution in [0.3, 0.4) is 0 Å². The molecule has 0 amide bonds. The molecule has 100 valence electrons. The maximum Gasteiger partial charge on any atom is 0.221 e. The predicted molar refractivity (Wildman–Crippen MR) is 68.5 cm³/mol. The van der Waals surface area contributed by atoms with E-state index in [1.165, 1.54) is 0 Å². The van der Waals surface area contributed by atoms with Crippen molar-refractivity contribution < 1.29 is 9.47 Å². The van der Waals surface area contributed by atoms with Crippen molar-refractivity contribution in [2.24, 2.45) is 5.84 Å². The van der Waals surface area contributed by atoms with Crippen LogP contribution in [-0.4, -0.2) is 30.3 Å². The maximum atomic E-state index is 5.67. The normalized spacial score (nSPS) is 14.6. The molecule has 1 aliphatic rings. The number of nitrogens with one attached hydrogen (secondary N) is 1. The van der Waals surface area contributed by atoms with Crippen molar-refractivity contribution in [1.82, 2.24) is 9.97 Å². The molecule has 6 heteroatoms. The van der Waals surface area contributed by atoms with Crippen LogP contribution in [-0.2, 0) is 4.74 Å². The lowest BCUT2D eigenvalue weighted by atomic mass is 10.3. The SMILES string of the molecule is COCCCOc1nc(C2CC2)nc(NN)c1C. The Balaban J connectivity index is 2.08. The number of hydrogen-bond donors (Lipinski definition) is 2. The number of hydrazine groups is 1. The molecule has 1 heterocycles. The largest absolute Gasteiger partial charge is 0.477 e. The lowest BCUT2D eigenvalue weighted by Crippen LogP contribution is -2.14. The van der Waals surface area contributed by atoms with E-state index in [0.29, 0.717) is 30.8 Å². The number of ether oxygens (including phenoxy) is 2. The van der Waals surface area contributed by atoms with E-state index in [9.17, 15) is 0 Å². The van der Waals surface area contributed by atoms with E-state index in [-0.39, 0.29) is 0 Å². The van der Waals surface area contributed by atoms with E-state index < -0.39 is 0 Å². The molecule has 3 N–H and O–H groups in total. The van der Waals surface area contributed by atoms with Gasteiger partial charge in [-0.15, -0.1) is 0 Å². The Hall–Kier alpha value is -1.40. The second-order valence-corrected chi connectivity index (χ2v) is 4.47. The van der Waals surface area contributed by atoms with E-state index in [2.05, 4.69) is 15.4 Å². The van der Waals surface area contributed by atoms with Gasteiger partial charge in [0, 0.05) is 26.1 Å². The summed E-state index contributed by atoms with van der Waals surface area (Å²) in [6.45, 7) is 3.17. The summed E-state index contributed by atoms with van der Waals surface area (Å²) in [7, 11) is 1.68. The zero-order valence-electron chi connectivity index (χ0n) is 10.9. The van der Waals surface area contributed by atoms with Gasteiger partial charge < -0.3 is 14.9 Å². The van der Waals surface area contributed by atoms with Gasteiger partial charge in [-0.1, -0.05) is 0 Å². The highest BCUT2D eigenvalue weighted by molar-refractivity contribution is 5.48. The molecule has 6 nitrogen and oxygen atoms in total. The van der Waals surface area contributed by atoms with Gasteiger partial charge >= 0.3 is 0 Å². The topological polar surface area (TPSA) is 82.3 Å². The minimum atomic E-state index is 0.471. The molecule has 0 radical (unpaired) electrons. The average Bonchev–Trinajstić information content (AvgIpc) is 3.20. The smallest absolute Gasteiger partial charge is 0.221 e. The monoisotopic (exact) mass is 252 g/mol. The van der Waals surface area contributed by atoms with Gasteiger partial charge in [-0.05, 0) is 19.8 Å². The minimum Gasteiger partial charge on any atom is -0.477 e. The lowest BCUT2D eigenvalue weighted by molar-refractivity contribution is 0.170. The Bertz CT molecular complexity index is 407. The first kappa shape index (κ1) is 13.0. The minimum absolute atomic E-state index is 0.471. The number of anilines is 1. The van der Waals surface area contributed by atoms with Crippen molar-refractivity contribution in [2.75, 3.05) is 25.7 Å². The summed E-state index contributed by atoms with van der Waals surface area (Å²) >= 11 is 0. The van der Waals surface area contributed by atoms with Gasteiger partial charge in [0.25, 0.3) is 0 Å². The molecule has 2 rings (SSSR count). The molecular weight excluding hydrogens is 232 g/mol. The summed E-state index contributed by atoms with van der Waals surface area (Å²) in [5.41, 5.74) is 3.45. The standard InChI is InChI=1S/C12H20N4O2/c1-8-10(16-13)14-11(9-4-5-9)15-12(8)18-7-3-6-17-2/h9H,3-7,13H2,1-2H3,(H,14,15,16). The Labute approximate surface area is 107 Å². The van der Waals surface area contributed by atoms with Crippen LogP contribution in [0.25, 0.3) is 0 Å². The molecule has 0 atom stereocenters. The number of nitrogen functional groups attached to an aromatic ring is 1. The molecule has 0 spiro atoms. The van der Waals surface area contributed by atoms with Gasteiger partial charge in [0.05, 0.1) is 12.2 Å². The van der Waals surface area contributed by atoms with Gasteiger partial charge in [0.2, 0.25) is 5.88 Å². The Morgan fingerprint density at radius 3 is 2.72 bits per heavy atom. The molecule has 0 unspecified atom stereocenters. The Morgan fingerprint density at radius 2 is 2.11 bits per heavy atom. The summed E-state index contributed by atoms with van der Waals surface area (Å²) in [5.74, 6) is 8.04. The van der Waals surface area contributed by atoms with Crippen LogP contribution in [0, 0.1) is 6.92 Å². The number of nitrogens with zero attached hydrogens (tertiary/aromatic N) is 2. The molecule has 0 aliphatic heterocycles. The zero-order chi connectivity index (χ0) is 13.0. The quantitative estimate of drug-likeness (QED) is 0.433. The van der Waals surface area contributed by atoms with Gasteiger partial charge in [-0.3, -0.25) is 0 Å². The number of rotatable bonds is 7. The maximum absolute atomic E-state index is 5.67. The van der Waals surface area contributed by atoms with E-state index in [1.54, 1.807) is 7.11 Å². The molecule has 18 heavy (non-hydrogen) atoms. The summed E-state index contributed by atoms with van der Waals surface area (Å²) < 4.78 is 10.7. The summed E-state index contributed by atoms with van der Waals surface area (Å²) in [6.07, 6.45) is 3.14.